The molecule has 0 bridgehead atoms. The average molecular weight is 143 g/mol. The van der Waals surface area contributed by atoms with Crippen molar-refractivity contribution in [3.05, 3.63) is 0 Å². The zero-order chi connectivity index (χ0) is 7.40. The predicted molar refractivity (Wildman–Crippen MR) is 37.7 cm³/mol. The summed E-state index contributed by atoms with van der Waals surface area (Å²) in [6.07, 6.45) is 2.18. The van der Waals surface area contributed by atoms with E-state index >= 15 is 0 Å². The molecule has 3 nitrogen and oxygen atoms in total. The lowest BCUT2D eigenvalue weighted by atomic mass is 10.1. The minimum atomic E-state index is 0.0344. The lowest BCUT2D eigenvalue weighted by Gasteiger charge is -2.05. The van der Waals surface area contributed by atoms with E-state index in [1.54, 1.807) is 0 Å². The van der Waals surface area contributed by atoms with Crippen molar-refractivity contribution < 1.29 is 9.90 Å². The topological polar surface area (TPSA) is 49.3 Å². The van der Waals surface area contributed by atoms with Crippen LogP contribution in [0.2, 0.25) is 0 Å². The Morgan fingerprint density at radius 3 is 3.00 bits per heavy atom. The smallest absolute Gasteiger partial charge is 0.151 e. The third kappa shape index (κ3) is 1.78. The van der Waals surface area contributed by atoms with Gasteiger partial charge in [0.2, 0.25) is 0 Å². The number of hydrogen-bond donors (Lipinski definition) is 2. The van der Waals surface area contributed by atoms with Crippen LogP contribution in [0, 0.1) is 0 Å². The molecule has 0 aromatic rings. The van der Waals surface area contributed by atoms with Gasteiger partial charge in [0.15, 0.2) is 5.78 Å². The Balaban J connectivity index is 2.20. The fourth-order valence-corrected chi connectivity index (χ4v) is 1.22. The van der Waals surface area contributed by atoms with Crippen LogP contribution in [0.5, 0.6) is 0 Å². The molecule has 0 saturated carbocycles. The largest absolute Gasteiger partial charge is 0.396 e. The molecule has 1 atom stereocenters. The average Bonchev–Trinajstić information content (AvgIpc) is 2.31. The van der Waals surface area contributed by atoms with Crippen LogP contribution in [0.25, 0.3) is 0 Å². The molecule has 1 unspecified atom stereocenters. The van der Waals surface area contributed by atoms with Crippen LogP contribution in [0.1, 0.15) is 19.3 Å². The van der Waals surface area contributed by atoms with E-state index < -0.39 is 0 Å². The first-order valence-electron chi connectivity index (χ1n) is 3.71. The zero-order valence-electron chi connectivity index (χ0n) is 5.97. The van der Waals surface area contributed by atoms with Crippen molar-refractivity contribution in [2.24, 2.45) is 0 Å². The van der Waals surface area contributed by atoms with Gasteiger partial charge in [0.1, 0.15) is 0 Å². The fraction of sp³-hybridized carbons (Fsp3) is 0.857. The van der Waals surface area contributed by atoms with Gasteiger partial charge in [-0.2, -0.15) is 0 Å². The zero-order valence-corrected chi connectivity index (χ0v) is 5.97. The van der Waals surface area contributed by atoms with Crippen molar-refractivity contribution in [1.82, 2.24) is 5.32 Å². The van der Waals surface area contributed by atoms with Crippen molar-refractivity contribution in [3.63, 3.8) is 0 Å². The molecule has 1 aliphatic heterocycles. The summed E-state index contributed by atoms with van der Waals surface area (Å²) in [4.78, 5) is 10.9. The van der Waals surface area contributed by atoms with Gasteiger partial charge < -0.3 is 10.4 Å². The molecule has 0 aliphatic carbocycles. The van der Waals surface area contributed by atoms with E-state index in [9.17, 15) is 4.79 Å². The third-order valence-corrected chi connectivity index (χ3v) is 1.80. The van der Waals surface area contributed by atoms with Crippen molar-refractivity contribution in [3.8, 4) is 0 Å². The van der Waals surface area contributed by atoms with E-state index in [1.807, 2.05) is 0 Å². The number of Topliss-reactive ketones (excluding diaryl/α,β-unsaturated/α-hetero) is 1. The third-order valence-electron chi connectivity index (χ3n) is 1.80. The minimum Gasteiger partial charge on any atom is -0.396 e. The molecule has 3 heteroatoms. The summed E-state index contributed by atoms with van der Waals surface area (Å²) in [5.41, 5.74) is 0. The van der Waals surface area contributed by atoms with Crippen LogP contribution < -0.4 is 5.32 Å². The number of nitrogens with one attached hydrogen (secondary N) is 1. The van der Waals surface area contributed by atoms with Crippen LogP contribution in [-0.4, -0.2) is 30.1 Å². The van der Waals surface area contributed by atoms with Crippen LogP contribution in [0.15, 0.2) is 0 Å². The molecule has 1 fully saturated rings. The second-order valence-corrected chi connectivity index (χ2v) is 2.59. The summed E-state index contributed by atoms with van der Waals surface area (Å²) in [7, 11) is 0. The fourth-order valence-electron chi connectivity index (χ4n) is 1.22. The first-order chi connectivity index (χ1) is 4.84. The lowest BCUT2D eigenvalue weighted by molar-refractivity contribution is -0.118. The van der Waals surface area contributed by atoms with Crippen molar-refractivity contribution in [2.75, 3.05) is 13.2 Å². The van der Waals surface area contributed by atoms with E-state index in [2.05, 4.69) is 5.32 Å². The van der Waals surface area contributed by atoms with Crippen molar-refractivity contribution in [2.45, 2.75) is 25.3 Å². The normalized spacial score (nSPS) is 25.7. The molecule has 58 valence electrons. The van der Waals surface area contributed by atoms with Gasteiger partial charge in [-0.15, -0.1) is 0 Å². The van der Waals surface area contributed by atoms with Crippen LogP contribution in [-0.2, 0) is 4.79 Å². The summed E-state index contributed by atoms with van der Waals surface area (Å²) in [5, 5.41) is 11.6. The number of carbonyl (C=O) groups is 1. The number of rotatable bonds is 3. The van der Waals surface area contributed by atoms with E-state index in [0.29, 0.717) is 12.2 Å². The van der Waals surface area contributed by atoms with Crippen LogP contribution in [0.3, 0.4) is 0 Å². The molecule has 0 aromatic carbocycles. The first-order valence-corrected chi connectivity index (χ1v) is 3.71. The Hall–Kier alpha value is -0.410. The summed E-state index contributed by atoms with van der Waals surface area (Å²) < 4.78 is 0. The number of aliphatic hydroxyl groups excluding tert-OH is 1. The Morgan fingerprint density at radius 2 is 2.50 bits per heavy atom. The van der Waals surface area contributed by atoms with Gasteiger partial charge in [-0.3, -0.25) is 4.79 Å². The molecule has 0 radical (unpaired) electrons. The van der Waals surface area contributed by atoms with E-state index in [1.165, 1.54) is 0 Å². The molecule has 0 aromatic heterocycles. The van der Waals surface area contributed by atoms with Gasteiger partial charge in [0.05, 0.1) is 6.04 Å². The monoisotopic (exact) mass is 143 g/mol. The Labute approximate surface area is 60.4 Å². The summed E-state index contributed by atoms with van der Waals surface area (Å²) >= 11 is 0. The molecule has 1 saturated heterocycles. The SMILES string of the molecule is O=C1CCNC1CCCO. The summed E-state index contributed by atoms with van der Waals surface area (Å²) in [6, 6.07) is 0.0344. The molecule has 10 heavy (non-hydrogen) atoms. The van der Waals surface area contributed by atoms with E-state index in [4.69, 9.17) is 5.11 Å². The Bertz CT molecular complexity index is 125. The predicted octanol–water partition coefficient (Wildman–Crippen LogP) is -0.310. The van der Waals surface area contributed by atoms with Crippen molar-refractivity contribution >= 4 is 5.78 Å². The molecule has 0 spiro atoms. The maximum Gasteiger partial charge on any atom is 0.151 e. The second kappa shape index (κ2) is 3.68. The molecule has 1 heterocycles. The molecule has 2 N–H and O–H groups in total. The van der Waals surface area contributed by atoms with Gasteiger partial charge in [0.25, 0.3) is 0 Å². The summed E-state index contributed by atoms with van der Waals surface area (Å²) in [6.45, 7) is 1.00. The minimum absolute atomic E-state index is 0.0344. The highest BCUT2D eigenvalue weighted by Gasteiger charge is 2.22. The van der Waals surface area contributed by atoms with E-state index in [0.717, 1.165) is 19.4 Å². The molecular formula is C7H13NO2. The van der Waals surface area contributed by atoms with Crippen molar-refractivity contribution in [1.29, 1.82) is 0 Å². The van der Waals surface area contributed by atoms with Gasteiger partial charge in [-0.1, -0.05) is 0 Å². The van der Waals surface area contributed by atoms with Gasteiger partial charge >= 0.3 is 0 Å². The maximum atomic E-state index is 10.9. The van der Waals surface area contributed by atoms with Gasteiger partial charge in [-0.05, 0) is 12.8 Å². The number of carbonyl (C=O) groups excluding carboxylic acids is 1. The highest BCUT2D eigenvalue weighted by Crippen LogP contribution is 2.06. The Kier molecular flexibility index (Phi) is 2.83. The van der Waals surface area contributed by atoms with E-state index in [-0.39, 0.29) is 12.6 Å². The first kappa shape index (κ1) is 7.69. The standard InChI is InChI=1S/C7H13NO2/c9-5-1-2-6-7(10)3-4-8-6/h6,8-9H,1-5H2. The lowest BCUT2D eigenvalue weighted by Crippen LogP contribution is -2.26. The molecule has 0 amide bonds. The van der Waals surface area contributed by atoms with Crippen LogP contribution in [0.4, 0.5) is 0 Å². The van der Waals surface area contributed by atoms with Gasteiger partial charge in [-0.25, -0.2) is 0 Å². The molecule has 1 aliphatic rings. The highest BCUT2D eigenvalue weighted by atomic mass is 16.3. The summed E-state index contributed by atoms with van der Waals surface area (Å²) in [5.74, 6) is 0.299. The van der Waals surface area contributed by atoms with Gasteiger partial charge in [0, 0.05) is 19.6 Å². The quantitative estimate of drug-likeness (QED) is 0.569. The maximum absolute atomic E-state index is 10.9. The number of ketones is 1. The Morgan fingerprint density at radius 1 is 1.70 bits per heavy atom. The molecular weight excluding hydrogens is 130 g/mol. The van der Waals surface area contributed by atoms with Crippen LogP contribution >= 0.6 is 0 Å². The second-order valence-electron chi connectivity index (χ2n) is 2.59. The molecule has 1 rings (SSSR count). The highest BCUT2D eigenvalue weighted by molar-refractivity contribution is 5.86. The number of hydrogen-bond acceptors (Lipinski definition) is 3. The number of aliphatic hydroxyl groups is 1.